The molecule has 0 bridgehead atoms. The maximum atomic E-state index is 5.38. The zero-order valence-corrected chi connectivity index (χ0v) is 15.9. The summed E-state index contributed by atoms with van der Waals surface area (Å²) in [5.74, 6) is 0.962. The number of thiophene rings is 1. The highest BCUT2D eigenvalue weighted by molar-refractivity contribution is 7.11. The predicted octanol–water partition coefficient (Wildman–Crippen LogP) is 4.69. The number of hydrogen-bond donors (Lipinski definition) is 0. The molecular weight excluding hydrogens is 328 g/mol. The van der Waals surface area contributed by atoms with Gasteiger partial charge in [-0.1, -0.05) is 18.6 Å². The Kier molecular flexibility index (Phi) is 5.39. The van der Waals surface area contributed by atoms with Crippen LogP contribution >= 0.6 is 11.3 Å². The normalized spacial score (nSPS) is 21.9. The van der Waals surface area contributed by atoms with E-state index in [1.54, 1.807) is 7.11 Å². The number of nitrogens with zero attached hydrogens (tertiary/aromatic N) is 2. The van der Waals surface area contributed by atoms with Crippen molar-refractivity contribution in [3.63, 3.8) is 0 Å². The summed E-state index contributed by atoms with van der Waals surface area (Å²) in [5, 5.41) is 0. The maximum Gasteiger partial charge on any atom is 0.119 e. The Morgan fingerprint density at radius 3 is 2.52 bits per heavy atom. The van der Waals surface area contributed by atoms with E-state index < -0.39 is 0 Å². The van der Waals surface area contributed by atoms with E-state index in [2.05, 4.69) is 40.1 Å². The molecule has 1 atom stereocenters. The first-order chi connectivity index (χ1) is 12.3. The van der Waals surface area contributed by atoms with E-state index in [0.29, 0.717) is 6.04 Å². The lowest BCUT2D eigenvalue weighted by atomic mass is 9.94. The van der Waals surface area contributed by atoms with Crippen LogP contribution in [0.2, 0.25) is 0 Å². The molecule has 0 spiro atoms. The van der Waals surface area contributed by atoms with Gasteiger partial charge in [-0.05, 0) is 62.2 Å². The molecule has 2 saturated heterocycles. The van der Waals surface area contributed by atoms with E-state index in [1.165, 1.54) is 60.6 Å². The van der Waals surface area contributed by atoms with Gasteiger partial charge in [0.2, 0.25) is 0 Å². The number of likely N-dealkylation sites (tertiary alicyclic amines) is 2. The zero-order valence-electron chi connectivity index (χ0n) is 15.1. The fraction of sp³-hybridized carbons (Fsp3) is 0.524. The van der Waals surface area contributed by atoms with Gasteiger partial charge in [0.25, 0.3) is 0 Å². The van der Waals surface area contributed by atoms with Crippen molar-refractivity contribution in [1.29, 1.82) is 0 Å². The fourth-order valence-corrected chi connectivity index (χ4v) is 5.07. The molecule has 0 amide bonds. The molecule has 3 nitrogen and oxygen atoms in total. The van der Waals surface area contributed by atoms with Crippen molar-refractivity contribution in [1.82, 2.24) is 9.80 Å². The zero-order chi connectivity index (χ0) is 17.1. The number of methoxy groups -OCH3 is 1. The van der Waals surface area contributed by atoms with E-state index in [0.717, 1.165) is 18.8 Å². The summed E-state index contributed by atoms with van der Waals surface area (Å²) in [6.45, 7) is 5.96. The van der Waals surface area contributed by atoms with Crippen molar-refractivity contribution in [2.45, 2.75) is 44.8 Å². The molecule has 2 aliphatic heterocycles. The number of ether oxygens (including phenoxy) is 1. The number of rotatable bonds is 6. The minimum absolute atomic E-state index is 0.544. The molecule has 2 aliphatic rings. The highest BCUT2D eigenvalue weighted by Crippen LogP contribution is 2.36. The van der Waals surface area contributed by atoms with Crippen molar-refractivity contribution in [2.75, 3.05) is 26.7 Å². The fourth-order valence-electron chi connectivity index (χ4n) is 3.99. The van der Waals surface area contributed by atoms with Gasteiger partial charge in [-0.15, -0.1) is 11.3 Å². The summed E-state index contributed by atoms with van der Waals surface area (Å²) >= 11 is 2.00. The molecule has 2 aromatic rings. The Morgan fingerprint density at radius 1 is 1.00 bits per heavy atom. The minimum atomic E-state index is 0.544. The Morgan fingerprint density at radius 2 is 1.80 bits per heavy atom. The van der Waals surface area contributed by atoms with Crippen LogP contribution in [0.5, 0.6) is 5.75 Å². The van der Waals surface area contributed by atoms with Gasteiger partial charge in [0.05, 0.1) is 7.11 Å². The Bertz CT molecular complexity index is 693. The molecule has 3 heterocycles. The molecule has 4 rings (SSSR count). The van der Waals surface area contributed by atoms with Crippen LogP contribution in [0, 0.1) is 0 Å². The van der Waals surface area contributed by atoms with Gasteiger partial charge in [0.1, 0.15) is 5.75 Å². The third-order valence-corrected chi connectivity index (χ3v) is 6.57. The summed E-state index contributed by atoms with van der Waals surface area (Å²) < 4.78 is 5.38. The van der Waals surface area contributed by atoms with Gasteiger partial charge < -0.3 is 4.74 Å². The lowest BCUT2D eigenvalue weighted by molar-refractivity contribution is 0.0830. The molecule has 1 aromatic carbocycles. The topological polar surface area (TPSA) is 15.7 Å². The predicted molar refractivity (Wildman–Crippen MR) is 104 cm³/mol. The SMILES string of the molecule is COc1cccc(C2CCN2Cc2ccc(CN3CCCCC3)s2)c1. The quantitative estimate of drug-likeness (QED) is 0.747. The second kappa shape index (κ2) is 7.90. The van der Waals surface area contributed by atoms with E-state index in [9.17, 15) is 0 Å². The summed E-state index contributed by atoms with van der Waals surface area (Å²) in [7, 11) is 1.74. The molecule has 0 N–H and O–H groups in total. The standard InChI is InChI=1S/C21H28N2OS/c1-24-18-7-5-6-17(14-18)21-10-13-23(21)16-20-9-8-19(25-20)15-22-11-3-2-4-12-22/h5-9,14,21H,2-4,10-13,15-16H2,1H3. The van der Waals surface area contributed by atoms with Crippen LogP contribution in [-0.2, 0) is 13.1 Å². The molecule has 0 radical (unpaired) electrons. The maximum absolute atomic E-state index is 5.38. The smallest absolute Gasteiger partial charge is 0.119 e. The molecule has 4 heteroatoms. The molecule has 0 saturated carbocycles. The van der Waals surface area contributed by atoms with E-state index in [4.69, 9.17) is 4.74 Å². The second-order valence-electron chi connectivity index (χ2n) is 7.26. The lowest BCUT2D eigenvalue weighted by Gasteiger charge is -2.41. The first-order valence-corrected chi connectivity index (χ1v) is 10.3. The van der Waals surface area contributed by atoms with Crippen molar-refractivity contribution < 1.29 is 4.74 Å². The largest absolute Gasteiger partial charge is 0.497 e. The monoisotopic (exact) mass is 356 g/mol. The molecule has 2 fully saturated rings. The first kappa shape index (κ1) is 17.1. The Labute approximate surface area is 155 Å². The Balaban J connectivity index is 1.35. The molecule has 1 aromatic heterocycles. The highest BCUT2D eigenvalue weighted by Gasteiger charge is 2.29. The van der Waals surface area contributed by atoms with Crippen molar-refractivity contribution in [3.05, 3.63) is 51.7 Å². The first-order valence-electron chi connectivity index (χ1n) is 9.50. The van der Waals surface area contributed by atoms with E-state index >= 15 is 0 Å². The molecular formula is C21H28N2OS. The third kappa shape index (κ3) is 4.08. The van der Waals surface area contributed by atoms with E-state index in [-0.39, 0.29) is 0 Å². The van der Waals surface area contributed by atoms with Gasteiger partial charge in [0, 0.05) is 35.4 Å². The van der Waals surface area contributed by atoms with Crippen LogP contribution in [0.25, 0.3) is 0 Å². The number of benzene rings is 1. The van der Waals surface area contributed by atoms with Crippen molar-refractivity contribution in [3.8, 4) is 5.75 Å². The van der Waals surface area contributed by atoms with Gasteiger partial charge in [-0.3, -0.25) is 9.80 Å². The average Bonchev–Trinajstić information content (AvgIpc) is 3.07. The second-order valence-corrected chi connectivity index (χ2v) is 8.51. The average molecular weight is 357 g/mol. The number of hydrogen-bond acceptors (Lipinski definition) is 4. The van der Waals surface area contributed by atoms with Gasteiger partial charge in [0.15, 0.2) is 0 Å². The van der Waals surface area contributed by atoms with Crippen LogP contribution in [0.1, 0.15) is 47.0 Å². The lowest BCUT2D eigenvalue weighted by Crippen LogP contribution is -2.39. The molecule has 1 unspecified atom stereocenters. The van der Waals surface area contributed by atoms with Gasteiger partial charge in [-0.25, -0.2) is 0 Å². The van der Waals surface area contributed by atoms with Crippen LogP contribution in [-0.4, -0.2) is 36.5 Å². The van der Waals surface area contributed by atoms with Crippen LogP contribution in [0.4, 0.5) is 0 Å². The molecule has 0 aliphatic carbocycles. The molecule has 134 valence electrons. The van der Waals surface area contributed by atoms with Crippen LogP contribution < -0.4 is 4.74 Å². The van der Waals surface area contributed by atoms with Crippen LogP contribution in [0.3, 0.4) is 0 Å². The Hall–Kier alpha value is -1.36. The molecule has 25 heavy (non-hydrogen) atoms. The van der Waals surface area contributed by atoms with Crippen molar-refractivity contribution >= 4 is 11.3 Å². The minimum Gasteiger partial charge on any atom is -0.497 e. The summed E-state index contributed by atoms with van der Waals surface area (Å²) in [4.78, 5) is 8.22. The number of piperidine rings is 1. The highest BCUT2D eigenvalue weighted by atomic mass is 32.1. The third-order valence-electron chi connectivity index (χ3n) is 5.51. The van der Waals surface area contributed by atoms with Gasteiger partial charge in [-0.2, -0.15) is 0 Å². The van der Waals surface area contributed by atoms with E-state index in [1.807, 2.05) is 17.4 Å². The summed E-state index contributed by atoms with van der Waals surface area (Å²) in [5.41, 5.74) is 1.38. The van der Waals surface area contributed by atoms with Crippen LogP contribution in [0.15, 0.2) is 36.4 Å². The van der Waals surface area contributed by atoms with Crippen molar-refractivity contribution in [2.24, 2.45) is 0 Å². The summed E-state index contributed by atoms with van der Waals surface area (Å²) in [6, 6.07) is 13.8. The van der Waals surface area contributed by atoms with Gasteiger partial charge >= 0.3 is 0 Å². The summed E-state index contributed by atoms with van der Waals surface area (Å²) in [6.07, 6.45) is 5.40.